The molecule has 7 nitrogen and oxygen atoms in total. The summed E-state index contributed by atoms with van der Waals surface area (Å²) in [6.45, 7) is 3.83. The van der Waals surface area contributed by atoms with Crippen molar-refractivity contribution in [3.05, 3.63) is 42.2 Å². The van der Waals surface area contributed by atoms with E-state index in [0.717, 1.165) is 18.5 Å². The average molecular weight is 446 g/mol. The molecule has 4 rings (SSSR count). The van der Waals surface area contributed by atoms with E-state index in [-0.39, 0.29) is 30.9 Å². The van der Waals surface area contributed by atoms with Crippen molar-refractivity contribution in [1.29, 1.82) is 0 Å². The van der Waals surface area contributed by atoms with Gasteiger partial charge in [-0.3, -0.25) is 4.98 Å². The van der Waals surface area contributed by atoms with Gasteiger partial charge in [0.2, 0.25) is 11.8 Å². The number of hydrogen-bond donors (Lipinski definition) is 1. The molecule has 0 aromatic carbocycles. The van der Waals surface area contributed by atoms with Crippen LogP contribution in [0.5, 0.6) is 11.8 Å². The van der Waals surface area contributed by atoms with Crippen LogP contribution in [0.15, 0.2) is 36.5 Å². The number of carbonyl (C=O) groups excluding carboxylic acids is 1. The van der Waals surface area contributed by atoms with Crippen LogP contribution in [0.1, 0.15) is 44.8 Å². The Kier molecular flexibility index (Phi) is 6.43. The lowest BCUT2D eigenvalue weighted by atomic mass is 10.0. The summed E-state index contributed by atoms with van der Waals surface area (Å²) in [6.07, 6.45) is 3.88. The highest BCUT2D eigenvalue weighted by Gasteiger charge is 2.45. The first-order valence-electron chi connectivity index (χ1n) is 10.9. The molecule has 1 unspecified atom stereocenters. The van der Waals surface area contributed by atoms with Crippen molar-refractivity contribution in [1.82, 2.24) is 15.3 Å². The van der Waals surface area contributed by atoms with Gasteiger partial charge in [0.25, 0.3) is 5.92 Å². The number of anilines is 1. The van der Waals surface area contributed by atoms with Crippen LogP contribution >= 0.6 is 0 Å². The van der Waals surface area contributed by atoms with Crippen molar-refractivity contribution < 1.29 is 23.0 Å². The van der Waals surface area contributed by atoms with E-state index in [2.05, 4.69) is 29.1 Å². The number of hydrogen-bond acceptors (Lipinski definition) is 6. The summed E-state index contributed by atoms with van der Waals surface area (Å²) in [6, 6.07) is 8.33. The molecule has 0 radical (unpaired) electrons. The molecule has 3 heterocycles. The van der Waals surface area contributed by atoms with Gasteiger partial charge >= 0.3 is 6.09 Å². The number of rotatable bonds is 9. The van der Waals surface area contributed by atoms with Gasteiger partial charge in [0.05, 0.1) is 31.4 Å². The number of carbonyl (C=O) groups is 1. The molecule has 32 heavy (non-hydrogen) atoms. The Balaban J connectivity index is 1.45. The van der Waals surface area contributed by atoms with Crippen LogP contribution < -0.4 is 19.7 Å². The average Bonchev–Trinajstić information content (AvgIpc) is 3.55. The molecule has 2 aromatic heterocycles. The molecule has 2 aromatic rings. The van der Waals surface area contributed by atoms with E-state index in [1.807, 2.05) is 18.2 Å². The highest BCUT2D eigenvalue weighted by Crippen LogP contribution is 2.38. The van der Waals surface area contributed by atoms with Crippen LogP contribution in [-0.2, 0) is 0 Å². The van der Waals surface area contributed by atoms with Crippen LogP contribution in [0.25, 0.3) is 0 Å². The minimum Gasteiger partial charge on any atom is -0.476 e. The number of halogens is 2. The van der Waals surface area contributed by atoms with Crippen molar-refractivity contribution in [3.63, 3.8) is 0 Å². The van der Waals surface area contributed by atoms with E-state index in [1.54, 1.807) is 12.3 Å². The monoisotopic (exact) mass is 446 g/mol. The lowest BCUT2D eigenvalue weighted by Crippen LogP contribution is -2.56. The van der Waals surface area contributed by atoms with Gasteiger partial charge in [0.1, 0.15) is 5.69 Å². The second kappa shape index (κ2) is 9.26. The molecule has 0 bridgehead atoms. The SMILES string of the molecule is CC(C)CC(NC(=O)Oc1ccc(N2CC(F)(F)C2)c(OCC2CC2)n1)c1ccccn1. The van der Waals surface area contributed by atoms with Crippen LogP contribution in [-0.4, -0.2) is 41.7 Å². The molecule has 9 heteroatoms. The number of ether oxygens (including phenoxy) is 2. The quantitative estimate of drug-likeness (QED) is 0.607. The third-order valence-corrected chi connectivity index (χ3v) is 5.39. The number of alkyl halides is 2. The Bertz CT molecular complexity index is 930. The third kappa shape index (κ3) is 5.83. The molecule has 1 amide bonds. The third-order valence-electron chi connectivity index (χ3n) is 5.39. The van der Waals surface area contributed by atoms with Gasteiger partial charge in [-0.15, -0.1) is 0 Å². The van der Waals surface area contributed by atoms with Gasteiger partial charge in [-0.25, -0.2) is 13.6 Å². The maximum Gasteiger partial charge on any atom is 0.414 e. The highest BCUT2D eigenvalue weighted by molar-refractivity contribution is 5.71. The zero-order valence-electron chi connectivity index (χ0n) is 18.3. The van der Waals surface area contributed by atoms with Gasteiger partial charge < -0.3 is 19.7 Å². The predicted molar refractivity (Wildman–Crippen MR) is 115 cm³/mol. The van der Waals surface area contributed by atoms with Gasteiger partial charge in [-0.05, 0) is 49.3 Å². The van der Waals surface area contributed by atoms with Gasteiger partial charge in [0, 0.05) is 12.3 Å². The number of amides is 1. The van der Waals surface area contributed by atoms with E-state index < -0.39 is 12.0 Å². The smallest absolute Gasteiger partial charge is 0.414 e. The first kappa shape index (κ1) is 22.2. The Morgan fingerprint density at radius 2 is 2.03 bits per heavy atom. The number of aromatic nitrogens is 2. The Morgan fingerprint density at radius 3 is 2.66 bits per heavy atom. The van der Waals surface area contributed by atoms with Gasteiger partial charge in [0.15, 0.2) is 0 Å². The minimum atomic E-state index is -2.71. The maximum atomic E-state index is 13.3. The fraction of sp³-hybridized carbons (Fsp3) is 0.522. The number of nitrogens with one attached hydrogen (secondary N) is 1. The number of pyridine rings is 2. The zero-order valence-corrected chi connectivity index (χ0v) is 18.3. The Morgan fingerprint density at radius 1 is 1.25 bits per heavy atom. The fourth-order valence-corrected chi connectivity index (χ4v) is 3.56. The molecule has 2 aliphatic rings. The van der Waals surface area contributed by atoms with E-state index >= 15 is 0 Å². The Hall–Kier alpha value is -2.97. The molecule has 1 saturated carbocycles. The largest absolute Gasteiger partial charge is 0.476 e. The molecule has 1 aliphatic heterocycles. The second-order valence-electron chi connectivity index (χ2n) is 8.91. The van der Waals surface area contributed by atoms with Crippen LogP contribution in [0, 0.1) is 11.8 Å². The van der Waals surface area contributed by atoms with E-state index in [9.17, 15) is 13.6 Å². The van der Waals surface area contributed by atoms with E-state index in [1.165, 1.54) is 11.0 Å². The molecular weight excluding hydrogens is 418 g/mol. The fourth-order valence-electron chi connectivity index (χ4n) is 3.56. The van der Waals surface area contributed by atoms with Gasteiger partial charge in [-0.1, -0.05) is 19.9 Å². The summed E-state index contributed by atoms with van der Waals surface area (Å²) < 4.78 is 37.9. The van der Waals surface area contributed by atoms with E-state index in [4.69, 9.17) is 9.47 Å². The highest BCUT2D eigenvalue weighted by atomic mass is 19.3. The summed E-state index contributed by atoms with van der Waals surface area (Å²) in [7, 11) is 0. The summed E-state index contributed by atoms with van der Waals surface area (Å²) in [5.74, 6) is -1.66. The van der Waals surface area contributed by atoms with Crippen molar-refractivity contribution in [2.75, 3.05) is 24.6 Å². The molecule has 1 aliphatic carbocycles. The molecular formula is C23H28F2N4O3. The lowest BCUT2D eigenvalue weighted by Gasteiger charge is -2.40. The van der Waals surface area contributed by atoms with Gasteiger partial charge in [-0.2, -0.15) is 4.98 Å². The predicted octanol–water partition coefficient (Wildman–Crippen LogP) is 4.60. The van der Waals surface area contributed by atoms with Crippen molar-refractivity contribution >= 4 is 11.8 Å². The molecule has 2 fully saturated rings. The Labute approximate surface area is 186 Å². The maximum absolute atomic E-state index is 13.3. The second-order valence-corrected chi connectivity index (χ2v) is 8.91. The standard InChI is InChI=1S/C23H28F2N4O3/c1-15(2)11-18(17-5-3-4-10-26-17)27-22(30)32-20-9-8-19(29-13-23(24,25)14-29)21(28-20)31-12-16-6-7-16/h3-5,8-10,15-16,18H,6-7,11-14H2,1-2H3,(H,27,30). The molecule has 0 spiro atoms. The molecule has 1 saturated heterocycles. The molecule has 1 atom stereocenters. The van der Waals surface area contributed by atoms with Crippen molar-refractivity contribution in [3.8, 4) is 11.8 Å². The first-order valence-corrected chi connectivity index (χ1v) is 10.9. The summed E-state index contributed by atoms with van der Waals surface area (Å²) >= 11 is 0. The van der Waals surface area contributed by atoms with Crippen LogP contribution in [0.4, 0.5) is 19.3 Å². The summed E-state index contributed by atoms with van der Waals surface area (Å²) in [4.78, 5) is 22.7. The van der Waals surface area contributed by atoms with Crippen molar-refractivity contribution in [2.45, 2.75) is 45.1 Å². The van der Waals surface area contributed by atoms with Crippen LogP contribution in [0.3, 0.4) is 0 Å². The van der Waals surface area contributed by atoms with E-state index in [0.29, 0.717) is 30.6 Å². The minimum absolute atomic E-state index is 0.0497. The van der Waals surface area contributed by atoms with Crippen molar-refractivity contribution in [2.24, 2.45) is 11.8 Å². The number of nitrogens with zero attached hydrogens (tertiary/aromatic N) is 3. The molecule has 1 N–H and O–H groups in total. The zero-order chi connectivity index (χ0) is 22.7. The summed E-state index contributed by atoms with van der Waals surface area (Å²) in [5.41, 5.74) is 1.23. The summed E-state index contributed by atoms with van der Waals surface area (Å²) in [5, 5.41) is 2.85. The normalized spacial score (nSPS) is 18.1. The first-order chi connectivity index (χ1) is 15.3. The van der Waals surface area contributed by atoms with Crippen LogP contribution in [0.2, 0.25) is 0 Å². The molecule has 172 valence electrons. The topological polar surface area (TPSA) is 76.6 Å². The lowest BCUT2D eigenvalue weighted by molar-refractivity contribution is -0.0265.